The Bertz CT molecular complexity index is 714. The van der Waals surface area contributed by atoms with Gasteiger partial charge in [-0.05, 0) is 18.6 Å². The van der Waals surface area contributed by atoms with Crippen LogP contribution in [-0.2, 0) is 14.8 Å². The third kappa shape index (κ3) is 4.64. The molecule has 1 aromatic carbocycles. The molecule has 2 aromatic rings. The van der Waals surface area contributed by atoms with Crippen molar-refractivity contribution >= 4 is 21.7 Å². The van der Waals surface area contributed by atoms with Crippen LogP contribution in [0.15, 0.2) is 52.1 Å². The van der Waals surface area contributed by atoms with Crippen LogP contribution in [0.25, 0.3) is 0 Å². The first-order valence-corrected chi connectivity index (χ1v) is 8.73. The van der Waals surface area contributed by atoms with Gasteiger partial charge < -0.3 is 9.84 Å². The minimum atomic E-state index is -3.72. The molecule has 0 radical (unpaired) electrons. The zero-order valence-corrected chi connectivity index (χ0v) is 13.6. The molecule has 1 heterocycles. The maximum absolute atomic E-state index is 12.7. The van der Waals surface area contributed by atoms with E-state index < -0.39 is 15.9 Å². The Balaban J connectivity index is 2.14. The molecule has 1 aromatic heterocycles. The Hall–Kier alpha value is -2.19. The van der Waals surface area contributed by atoms with Crippen LogP contribution in [0.5, 0.6) is 0 Å². The van der Waals surface area contributed by atoms with Gasteiger partial charge in [-0.3, -0.25) is 4.79 Å². The molecule has 7 nitrogen and oxygen atoms in total. The average Bonchev–Trinajstić information content (AvgIpc) is 3.05. The van der Waals surface area contributed by atoms with Crippen LogP contribution in [0, 0.1) is 0 Å². The lowest BCUT2D eigenvalue weighted by Crippen LogP contribution is -2.38. The Morgan fingerprint density at radius 2 is 2.00 bits per heavy atom. The van der Waals surface area contributed by atoms with Crippen molar-refractivity contribution in [2.45, 2.75) is 24.7 Å². The molecule has 0 atom stereocenters. The van der Waals surface area contributed by atoms with E-state index in [2.05, 4.69) is 15.0 Å². The molecular formula is C15H19N3O4S. The Morgan fingerprint density at radius 3 is 2.61 bits per heavy atom. The van der Waals surface area contributed by atoms with Crippen LogP contribution < -0.4 is 5.32 Å². The molecule has 1 amide bonds. The number of unbranched alkanes of at least 4 members (excludes halogenated alkanes) is 1. The lowest BCUT2D eigenvalue weighted by Gasteiger charge is -2.21. The molecule has 124 valence electrons. The van der Waals surface area contributed by atoms with E-state index in [0.29, 0.717) is 6.42 Å². The van der Waals surface area contributed by atoms with Gasteiger partial charge in [-0.15, -0.1) is 0 Å². The molecule has 0 aliphatic rings. The average molecular weight is 337 g/mol. The van der Waals surface area contributed by atoms with Crippen LogP contribution in [0.4, 0.5) is 5.82 Å². The minimum Gasteiger partial charge on any atom is -0.363 e. The number of aromatic nitrogens is 1. The number of anilines is 1. The number of nitrogens with zero attached hydrogens (tertiary/aromatic N) is 2. The van der Waals surface area contributed by atoms with Gasteiger partial charge in [0.05, 0.1) is 11.4 Å². The molecule has 0 spiro atoms. The minimum absolute atomic E-state index is 0.172. The van der Waals surface area contributed by atoms with Gasteiger partial charge >= 0.3 is 0 Å². The Kier molecular flexibility index (Phi) is 5.89. The van der Waals surface area contributed by atoms with Crippen LogP contribution in [-0.4, -0.2) is 36.9 Å². The lowest BCUT2D eigenvalue weighted by atomic mass is 10.3. The van der Waals surface area contributed by atoms with Crippen molar-refractivity contribution in [3.8, 4) is 0 Å². The van der Waals surface area contributed by atoms with Gasteiger partial charge in [-0.1, -0.05) is 36.7 Å². The summed E-state index contributed by atoms with van der Waals surface area (Å²) in [5, 5.41) is 6.07. The predicted molar refractivity (Wildman–Crippen MR) is 85.2 cm³/mol. The third-order valence-electron chi connectivity index (χ3n) is 3.17. The summed E-state index contributed by atoms with van der Waals surface area (Å²) in [6.45, 7) is 1.97. The van der Waals surface area contributed by atoms with Crippen molar-refractivity contribution in [1.82, 2.24) is 9.46 Å². The predicted octanol–water partition coefficient (Wildman–Crippen LogP) is 2.10. The molecule has 0 fully saturated rings. The van der Waals surface area contributed by atoms with Gasteiger partial charge in [0, 0.05) is 12.6 Å². The molecule has 0 saturated heterocycles. The van der Waals surface area contributed by atoms with Crippen LogP contribution in [0.3, 0.4) is 0 Å². The number of carbonyl (C=O) groups is 1. The smallest absolute Gasteiger partial charge is 0.243 e. The highest BCUT2D eigenvalue weighted by molar-refractivity contribution is 7.89. The zero-order chi connectivity index (χ0) is 16.7. The second kappa shape index (κ2) is 7.89. The fourth-order valence-corrected chi connectivity index (χ4v) is 3.44. The second-order valence-electron chi connectivity index (χ2n) is 4.94. The van der Waals surface area contributed by atoms with Crippen LogP contribution >= 0.6 is 0 Å². The number of nitrogens with one attached hydrogen (secondary N) is 1. The largest absolute Gasteiger partial charge is 0.363 e. The number of benzene rings is 1. The molecular weight excluding hydrogens is 318 g/mol. The molecule has 23 heavy (non-hydrogen) atoms. The SMILES string of the molecule is CCCCN(CC(=O)Nc1ccon1)S(=O)(=O)c1ccccc1. The molecule has 0 bridgehead atoms. The maximum Gasteiger partial charge on any atom is 0.243 e. The van der Waals surface area contributed by atoms with E-state index >= 15 is 0 Å². The first-order chi connectivity index (χ1) is 11.0. The van der Waals surface area contributed by atoms with E-state index in [0.717, 1.165) is 6.42 Å². The number of sulfonamides is 1. The van der Waals surface area contributed by atoms with Gasteiger partial charge in [0.1, 0.15) is 6.26 Å². The Morgan fingerprint density at radius 1 is 1.26 bits per heavy atom. The summed E-state index contributed by atoms with van der Waals surface area (Å²) in [4.78, 5) is 12.2. The fourth-order valence-electron chi connectivity index (χ4n) is 1.98. The van der Waals surface area contributed by atoms with E-state index in [1.807, 2.05) is 6.92 Å². The molecule has 0 unspecified atom stereocenters. The molecule has 8 heteroatoms. The molecule has 0 saturated carbocycles. The molecule has 2 rings (SSSR count). The van der Waals surface area contributed by atoms with E-state index in [-0.39, 0.29) is 23.8 Å². The summed E-state index contributed by atoms with van der Waals surface area (Å²) in [6, 6.07) is 9.57. The summed E-state index contributed by atoms with van der Waals surface area (Å²) >= 11 is 0. The first kappa shape index (κ1) is 17.2. The van der Waals surface area contributed by atoms with Gasteiger partial charge in [0.2, 0.25) is 15.9 Å². The highest BCUT2D eigenvalue weighted by Crippen LogP contribution is 2.16. The third-order valence-corrected chi connectivity index (χ3v) is 5.03. The quantitative estimate of drug-likeness (QED) is 0.796. The van der Waals surface area contributed by atoms with Crippen LogP contribution in [0.2, 0.25) is 0 Å². The number of hydrogen-bond donors (Lipinski definition) is 1. The summed E-state index contributed by atoms with van der Waals surface area (Å²) in [6.07, 6.45) is 2.82. The number of hydrogen-bond acceptors (Lipinski definition) is 5. The van der Waals surface area contributed by atoms with Gasteiger partial charge in [-0.2, -0.15) is 4.31 Å². The lowest BCUT2D eigenvalue weighted by molar-refractivity contribution is -0.116. The van der Waals surface area contributed by atoms with Crippen molar-refractivity contribution in [2.24, 2.45) is 0 Å². The fraction of sp³-hybridized carbons (Fsp3) is 0.333. The molecule has 0 aliphatic carbocycles. The maximum atomic E-state index is 12.7. The monoisotopic (exact) mass is 337 g/mol. The standard InChI is InChI=1S/C15H19N3O4S/c1-2-3-10-18(12-15(19)16-14-9-11-22-17-14)23(20,21)13-7-5-4-6-8-13/h4-9,11H,2-3,10,12H2,1H3,(H,16,17,19). The van der Waals surface area contributed by atoms with Crippen molar-refractivity contribution in [1.29, 1.82) is 0 Å². The first-order valence-electron chi connectivity index (χ1n) is 7.29. The summed E-state index contributed by atoms with van der Waals surface area (Å²) in [5.41, 5.74) is 0. The van der Waals surface area contributed by atoms with E-state index in [9.17, 15) is 13.2 Å². The second-order valence-corrected chi connectivity index (χ2v) is 6.88. The van der Waals surface area contributed by atoms with Gasteiger partial charge in [-0.25, -0.2) is 8.42 Å². The summed E-state index contributed by atoms with van der Waals surface area (Å²) in [7, 11) is -3.72. The number of rotatable bonds is 8. The zero-order valence-electron chi connectivity index (χ0n) is 12.8. The number of amides is 1. The van der Waals surface area contributed by atoms with Crippen molar-refractivity contribution in [3.63, 3.8) is 0 Å². The summed E-state index contributed by atoms with van der Waals surface area (Å²) in [5.74, 6) is -0.211. The molecule has 0 aliphatic heterocycles. The van der Waals surface area contributed by atoms with E-state index in [1.165, 1.54) is 28.8 Å². The summed E-state index contributed by atoms with van der Waals surface area (Å²) < 4.78 is 31.2. The number of carbonyl (C=O) groups excluding carboxylic acids is 1. The normalized spacial score (nSPS) is 11.6. The van der Waals surface area contributed by atoms with Gasteiger partial charge in [0.25, 0.3) is 0 Å². The van der Waals surface area contributed by atoms with Crippen molar-refractivity contribution < 1.29 is 17.7 Å². The van der Waals surface area contributed by atoms with E-state index in [4.69, 9.17) is 0 Å². The van der Waals surface area contributed by atoms with Gasteiger partial charge in [0.15, 0.2) is 5.82 Å². The van der Waals surface area contributed by atoms with Crippen molar-refractivity contribution in [3.05, 3.63) is 42.7 Å². The highest BCUT2D eigenvalue weighted by atomic mass is 32.2. The van der Waals surface area contributed by atoms with E-state index in [1.54, 1.807) is 18.2 Å². The topological polar surface area (TPSA) is 92.5 Å². The Labute approximate surface area is 135 Å². The highest BCUT2D eigenvalue weighted by Gasteiger charge is 2.26. The van der Waals surface area contributed by atoms with Crippen molar-refractivity contribution in [2.75, 3.05) is 18.4 Å². The molecule has 1 N–H and O–H groups in total. The van der Waals surface area contributed by atoms with Crippen LogP contribution in [0.1, 0.15) is 19.8 Å².